The average Bonchev–Trinajstić information content (AvgIpc) is 3.06. The predicted molar refractivity (Wildman–Crippen MR) is 148 cm³/mol. The Morgan fingerprint density at radius 3 is 2.52 bits per heavy atom. The van der Waals surface area contributed by atoms with Crippen LogP contribution in [-0.2, 0) is 9.53 Å². The van der Waals surface area contributed by atoms with E-state index in [0.717, 1.165) is 15.6 Å². The standard InChI is InChI=1S/C23H17BrI2N2O4S/c1-3-32-22(31)18-11(2)27-23-28(19(18)13-4-6-14(24)7-5-13)21(30)17(33-23)10-12-8-15(25)20(29)16(26)9-12/h4-10,19,29H,3H2,1-2H3. The highest BCUT2D eigenvalue weighted by Crippen LogP contribution is 2.31. The van der Waals surface area contributed by atoms with Gasteiger partial charge in [0.05, 0.1) is 35.6 Å². The number of fused-ring (bicyclic) bond motifs is 1. The number of aromatic hydroxyl groups is 1. The zero-order valence-electron chi connectivity index (χ0n) is 17.4. The second kappa shape index (κ2) is 10.0. The van der Waals surface area contributed by atoms with Gasteiger partial charge in [-0.05, 0) is 100 Å². The number of rotatable bonds is 4. The summed E-state index contributed by atoms with van der Waals surface area (Å²) in [6.45, 7) is 3.74. The molecule has 170 valence electrons. The number of esters is 1. The predicted octanol–water partition coefficient (Wildman–Crippen LogP) is 4.48. The first-order chi connectivity index (χ1) is 15.7. The van der Waals surface area contributed by atoms with E-state index < -0.39 is 12.0 Å². The normalized spacial score (nSPS) is 15.9. The molecule has 0 radical (unpaired) electrons. The highest BCUT2D eigenvalue weighted by atomic mass is 127. The van der Waals surface area contributed by atoms with Crippen LogP contribution < -0.4 is 14.9 Å². The van der Waals surface area contributed by atoms with Gasteiger partial charge in [0.2, 0.25) is 0 Å². The lowest BCUT2D eigenvalue weighted by Gasteiger charge is -2.24. The van der Waals surface area contributed by atoms with Crippen molar-refractivity contribution >= 4 is 84.5 Å². The number of hydrogen-bond donors (Lipinski definition) is 1. The van der Waals surface area contributed by atoms with E-state index in [4.69, 9.17) is 4.74 Å². The molecule has 6 nitrogen and oxygen atoms in total. The number of hydrogen-bond acceptors (Lipinski definition) is 6. The first kappa shape index (κ1) is 24.6. The van der Waals surface area contributed by atoms with Gasteiger partial charge in [0, 0.05) is 4.47 Å². The minimum atomic E-state index is -0.643. The number of aromatic nitrogens is 1. The van der Waals surface area contributed by atoms with Gasteiger partial charge in [0.25, 0.3) is 5.56 Å². The van der Waals surface area contributed by atoms with Crippen molar-refractivity contribution in [2.75, 3.05) is 6.61 Å². The Kier molecular flexibility index (Phi) is 7.46. The number of phenolic OH excluding ortho intramolecular Hbond substituents is 1. The molecule has 1 unspecified atom stereocenters. The van der Waals surface area contributed by atoms with Gasteiger partial charge in [-0.3, -0.25) is 9.36 Å². The summed E-state index contributed by atoms with van der Waals surface area (Å²) < 4.78 is 9.67. The molecule has 1 atom stereocenters. The number of carbonyl (C=O) groups is 1. The second-order valence-corrected chi connectivity index (χ2v) is 11.4. The summed E-state index contributed by atoms with van der Waals surface area (Å²) >= 11 is 8.84. The smallest absolute Gasteiger partial charge is 0.338 e. The summed E-state index contributed by atoms with van der Waals surface area (Å²) in [5, 5.41) is 10.1. The monoisotopic (exact) mass is 750 g/mol. The van der Waals surface area contributed by atoms with Gasteiger partial charge in [-0.25, -0.2) is 9.79 Å². The molecule has 0 saturated carbocycles. The van der Waals surface area contributed by atoms with Crippen LogP contribution in [0.15, 0.2) is 61.9 Å². The molecule has 0 fully saturated rings. The molecule has 2 aromatic carbocycles. The van der Waals surface area contributed by atoms with Crippen molar-refractivity contribution in [2.45, 2.75) is 19.9 Å². The molecule has 0 spiro atoms. The van der Waals surface area contributed by atoms with Crippen LogP contribution in [0.5, 0.6) is 5.75 Å². The van der Waals surface area contributed by atoms with Crippen LogP contribution in [0.4, 0.5) is 0 Å². The van der Waals surface area contributed by atoms with Crippen molar-refractivity contribution in [1.29, 1.82) is 0 Å². The molecular weight excluding hydrogens is 734 g/mol. The van der Waals surface area contributed by atoms with Gasteiger partial charge in [-0.1, -0.05) is 39.4 Å². The minimum Gasteiger partial charge on any atom is -0.506 e. The molecule has 1 N–H and O–H groups in total. The summed E-state index contributed by atoms with van der Waals surface area (Å²) in [4.78, 5) is 31.6. The number of thiazole rings is 1. The molecule has 1 aliphatic heterocycles. The first-order valence-electron chi connectivity index (χ1n) is 9.84. The molecule has 0 aliphatic carbocycles. The van der Waals surface area contributed by atoms with Crippen LogP contribution >= 0.6 is 72.4 Å². The Labute approximate surface area is 229 Å². The van der Waals surface area contributed by atoms with Crippen molar-refractivity contribution in [3.63, 3.8) is 0 Å². The SMILES string of the molecule is CCOC(=O)C1=C(C)N=c2sc(=Cc3cc(I)c(O)c(I)c3)c(=O)n2C1c1ccc(Br)cc1. The second-order valence-electron chi connectivity index (χ2n) is 7.19. The van der Waals surface area contributed by atoms with Gasteiger partial charge < -0.3 is 9.84 Å². The van der Waals surface area contributed by atoms with E-state index >= 15 is 0 Å². The Balaban J connectivity index is 1.96. The van der Waals surface area contributed by atoms with Gasteiger partial charge in [-0.15, -0.1) is 0 Å². The zero-order chi connectivity index (χ0) is 23.9. The summed E-state index contributed by atoms with van der Waals surface area (Å²) in [5.74, 6) is -0.261. The average molecular weight is 751 g/mol. The molecule has 10 heteroatoms. The fourth-order valence-electron chi connectivity index (χ4n) is 3.57. The van der Waals surface area contributed by atoms with E-state index in [2.05, 4.69) is 66.1 Å². The third kappa shape index (κ3) is 4.84. The lowest BCUT2D eigenvalue weighted by Crippen LogP contribution is -2.39. The number of halogens is 3. The van der Waals surface area contributed by atoms with Crippen molar-refractivity contribution in [1.82, 2.24) is 4.57 Å². The zero-order valence-corrected chi connectivity index (χ0v) is 24.2. The van der Waals surface area contributed by atoms with Crippen LogP contribution in [0.2, 0.25) is 0 Å². The maximum Gasteiger partial charge on any atom is 0.338 e. The maximum absolute atomic E-state index is 13.6. The maximum atomic E-state index is 13.6. The van der Waals surface area contributed by atoms with Gasteiger partial charge in [0.1, 0.15) is 5.75 Å². The molecule has 3 aromatic rings. The molecule has 4 rings (SSSR count). The van der Waals surface area contributed by atoms with E-state index in [1.807, 2.05) is 36.4 Å². The lowest BCUT2D eigenvalue weighted by atomic mass is 9.96. The van der Waals surface area contributed by atoms with Gasteiger partial charge >= 0.3 is 5.97 Å². The van der Waals surface area contributed by atoms with Crippen molar-refractivity contribution in [3.05, 3.63) is 90.1 Å². The Morgan fingerprint density at radius 2 is 1.91 bits per heavy atom. The molecule has 2 heterocycles. The number of carbonyl (C=O) groups excluding carboxylic acids is 1. The van der Waals surface area contributed by atoms with Crippen LogP contribution in [-0.4, -0.2) is 22.2 Å². The number of allylic oxidation sites excluding steroid dienone is 1. The highest BCUT2D eigenvalue weighted by Gasteiger charge is 2.33. The van der Waals surface area contributed by atoms with Crippen molar-refractivity contribution < 1.29 is 14.6 Å². The summed E-state index contributed by atoms with van der Waals surface area (Å²) in [6.07, 6.45) is 1.79. The largest absolute Gasteiger partial charge is 0.506 e. The quantitative estimate of drug-likeness (QED) is 0.316. The summed E-state index contributed by atoms with van der Waals surface area (Å²) in [6, 6.07) is 10.5. The van der Waals surface area contributed by atoms with Gasteiger partial charge in [0.15, 0.2) is 4.80 Å². The number of benzene rings is 2. The van der Waals surface area contributed by atoms with Crippen LogP contribution in [0.1, 0.15) is 31.0 Å². The van der Waals surface area contributed by atoms with Crippen molar-refractivity contribution in [2.24, 2.45) is 4.99 Å². The minimum absolute atomic E-state index is 0.222. The topological polar surface area (TPSA) is 80.9 Å². The molecule has 0 bridgehead atoms. The fourth-order valence-corrected chi connectivity index (χ4v) is 6.70. The molecule has 33 heavy (non-hydrogen) atoms. The van der Waals surface area contributed by atoms with E-state index in [9.17, 15) is 14.7 Å². The van der Waals surface area contributed by atoms with E-state index in [1.165, 1.54) is 11.3 Å². The van der Waals surface area contributed by atoms with Crippen molar-refractivity contribution in [3.8, 4) is 5.75 Å². The molecule has 1 aromatic heterocycles. The van der Waals surface area contributed by atoms with E-state index in [1.54, 1.807) is 24.5 Å². The lowest BCUT2D eigenvalue weighted by molar-refractivity contribution is -0.139. The third-order valence-electron chi connectivity index (χ3n) is 5.04. The number of ether oxygens (including phenoxy) is 1. The third-order valence-corrected chi connectivity index (χ3v) is 8.20. The van der Waals surface area contributed by atoms with Crippen LogP contribution in [0, 0.1) is 7.14 Å². The van der Waals surface area contributed by atoms with E-state index in [-0.39, 0.29) is 17.9 Å². The molecule has 1 aliphatic rings. The molecule has 0 saturated heterocycles. The summed E-state index contributed by atoms with van der Waals surface area (Å²) in [5.41, 5.74) is 2.24. The van der Waals surface area contributed by atoms with Crippen LogP contribution in [0.3, 0.4) is 0 Å². The number of phenols is 1. The Hall–Kier alpha value is -1.51. The van der Waals surface area contributed by atoms with Gasteiger partial charge in [-0.2, -0.15) is 0 Å². The fraction of sp³-hybridized carbons (Fsp3) is 0.174. The highest BCUT2D eigenvalue weighted by molar-refractivity contribution is 14.1. The molecule has 0 amide bonds. The summed E-state index contributed by atoms with van der Waals surface area (Å²) in [7, 11) is 0. The molecular formula is C23H17BrI2N2O4S. The first-order valence-corrected chi connectivity index (χ1v) is 13.6. The van der Waals surface area contributed by atoms with E-state index in [0.29, 0.717) is 27.7 Å². The Bertz CT molecular complexity index is 1450. The Morgan fingerprint density at radius 1 is 1.27 bits per heavy atom. The number of nitrogens with zero attached hydrogens (tertiary/aromatic N) is 2. The van der Waals surface area contributed by atoms with Crippen LogP contribution in [0.25, 0.3) is 6.08 Å².